The first-order chi connectivity index (χ1) is 0. The minimum Gasteiger partial charge on any atom is 0.316 e. The summed E-state index contributed by atoms with van der Waals surface area (Å²) in [6, 6.07) is 0. The first-order valence-corrected chi connectivity index (χ1v) is 0. The van der Waals surface area contributed by atoms with E-state index >= 15 is 0 Å². The third-order valence-electron chi connectivity index (χ3n) is 0. The van der Waals surface area contributed by atoms with Crippen LogP contribution < -0.4 is 0 Å². The van der Waals surface area contributed by atoms with Gasteiger partial charge in [0.05, 0.1) is 0 Å². The van der Waals surface area contributed by atoms with Crippen LogP contribution in [0.15, 0.2) is 0 Å². The van der Waals surface area contributed by atoms with Gasteiger partial charge < -0.3 is 0 Å². The number of hydrogen-bond acceptors (Lipinski definition) is 0. The van der Waals surface area contributed by atoms with Crippen molar-refractivity contribution in [2.24, 2.45) is 0 Å². The van der Waals surface area contributed by atoms with E-state index in [1.807, 2.05) is 0 Å². The molecule has 5 radical (unpaired) electrons. The fourth-order valence-corrected chi connectivity index (χ4v) is 0. The van der Waals surface area contributed by atoms with E-state index in [9.17, 15) is 0 Å². The summed E-state index contributed by atoms with van der Waals surface area (Å²) in [6.07, 6.45) is 0. The van der Waals surface area contributed by atoms with Crippen LogP contribution in [0.4, 0.5) is 0 Å². The predicted molar refractivity (Wildman–Crippen MR) is 21.4 cm³/mol. The maximum atomic E-state index is 0. The molecule has 0 aromatic carbocycles. The van der Waals surface area contributed by atoms with Gasteiger partial charge in [-0.2, -0.15) is 0 Å². The molecule has 0 N–H and O–H groups in total. The standard InChI is InChI=1S/Ag.Al.Cu.Li.Mg.3H. The molecule has 0 bridgehead atoms. The molecule has 0 rings (SSSR count). The van der Waals surface area contributed by atoms with Crippen LogP contribution in [0.2, 0.25) is 0 Å². The fourth-order valence-electron chi connectivity index (χ4n) is 0. The molecule has 5 heteroatoms. The zero-order valence-corrected chi connectivity index (χ0v) is 4.76. The molecule has 0 fully saturated rings. The third kappa shape index (κ3) is 19.1. The molecule has 0 saturated heterocycles. The zero-order chi connectivity index (χ0) is 0. The molecular weight excluding hydrogens is 230 g/mol. The van der Waals surface area contributed by atoms with Crippen molar-refractivity contribution in [2.75, 3.05) is 0 Å². The maximum absolute atomic E-state index is 0. The summed E-state index contributed by atoms with van der Waals surface area (Å²) in [5.74, 6) is 0. The Morgan fingerprint density at radius 2 is 1.00 bits per heavy atom. The molecule has 0 aromatic rings. The fraction of sp³-hybridized carbons (Fsp3) is 0. The van der Waals surface area contributed by atoms with E-state index in [1.165, 1.54) is 0 Å². The summed E-state index contributed by atoms with van der Waals surface area (Å²) in [6.45, 7) is 0. The molecule has 0 aliphatic carbocycles. The Bertz CT molecular complexity index is 11.6. The minimum atomic E-state index is 0. The average molecular weight is 233 g/mol. The van der Waals surface area contributed by atoms with Gasteiger partial charge in [-0.25, -0.2) is 0 Å². The Morgan fingerprint density at radius 3 is 1.00 bits per heavy atom. The first-order valence-electron chi connectivity index (χ1n) is 0. The van der Waals surface area contributed by atoms with Crippen molar-refractivity contribution < 1.29 is 39.4 Å². The van der Waals surface area contributed by atoms with Gasteiger partial charge in [-0.3, -0.25) is 0 Å². The second-order valence-corrected chi connectivity index (χ2v) is 0. The van der Waals surface area contributed by atoms with Crippen molar-refractivity contribution in [1.82, 2.24) is 0 Å². The average Bonchev–Trinajstić information content (AvgIpc) is 0. The van der Waals surface area contributed by atoms with Crippen molar-refractivity contribution in [3.63, 3.8) is 0 Å². The summed E-state index contributed by atoms with van der Waals surface area (Å²) in [5.41, 5.74) is 0. The van der Waals surface area contributed by atoms with Crippen LogP contribution in [0.3, 0.4) is 0 Å². The van der Waals surface area contributed by atoms with Gasteiger partial charge in [0.1, 0.15) is 0 Å². The Morgan fingerprint density at radius 1 is 1.00 bits per heavy atom. The topological polar surface area (TPSA) is 0 Å². The molecule has 31 valence electrons. The van der Waals surface area contributed by atoms with Crippen LogP contribution in [0.5, 0.6) is 0 Å². The molecule has 0 aliphatic heterocycles. The monoisotopic (exact) mass is 231 g/mol. The van der Waals surface area contributed by atoms with Crippen LogP contribution in [0.25, 0.3) is 0 Å². The van der Waals surface area contributed by atoms with Crippen molar-refractivity contribution >= 4 is 59.3 Å². The first kappa shape index (κ1) is 41.9. The van der Waals surface area contributed by atoms with Crippen LogP contribution >= 0.6 is 0 Å². The summed E-state index contributed by atoms with van der Waals surface area (Å²) < 4.78 is 0. The summed E-state index contributed by atoms with van der Waals surface area (Å²) in [5, 5.41) is 0. The molecule has 0 heterocycles. The zero-order valence-electron chi connectivity index (χ0n) is 1.18. The normalized spacial score (nSPS) is 0. The van der Waals surface area contributed by atoms with Crippen molar-refractivity contribution in [1.29, 1.82) is 0 Å². The van der Waals surface area contributed by atoms with Crippen molar-refractivity contribution in [2.45, 2.75) is 0 Å². The Kier molecular flexibility index (Phi) is 228. The van der Waals surface area contributed by atoms with E-state index in [2.05, 4.69) is 0 Å². The van der Waals surface area contributed by atoms with Crippen molar-refractivity contribution in [3.8, 4) is 0 Å². The Hall–Kier alpha value is 3.16. The van der Waals surface area contributed by atoms with Gasteiger partial charge in [0, 0.05) is 56.8 Å². The van der Waals surface area contributed by atoms with Gasteiger partial charge in [0.2, 0.25) is 0 Å². The molecule has 0 unspecified atom stereocenters. The SMILES string of the molecule is [Ag].[Al].[Cu].[LiH].[MgH2]. The molecule has 0 saturated carbocycles. The molecule has 0 atom stereocenters. The molecule has 0 aliphatic rings. The van der Waals surface area contributed by atoms with Crippen molar-refractivity contribution in [3.05, 3.63) is 0 Å². The molecule has 0 amide bonds. The second-order valence-electron chi connectivity index (χ2n) is 0. The molecule has 0 nitrogen and oxygen atoms in total. The molecule has 5 heavy (non-hydrogen) atoms. The van der Waals surface area contributed by atoms with E-state index in [4.69, 9.17) is 0 Å². The molecule has 0 aromatic heterocycles. The van der Waals surface area contributed by atoms with Gasteiger partial charge in [-0.1, -0.05) is 0 Å². The smallest absolute Gasteiger partial charge is 0.316 e. The van der Waals surface area contributed by atoms with Crippen LogP contribution in [0, 0.1) is 0 Å². The Balaban J connectivity index is 0. The molecular formula is H3AgAlCuLiMg. The van der Waals surface area contributed by atoms with Gasteiger partial charge in [-0.15, -0.1) is 0 Å². The minimum absolute atomic E-state index is 0. The van der Waals surface area contributed by atoms with Gasteiger partial charge in [0.25, 0.3) is 0 Å². The van der Waals surface area contributed by atoms with Crippen LogP contribution in [0.1, 0.15) is 0 Å². The summed E-state index contributed by atoms with van der Waals surface area (Å²) in [4.78, 5) is 0. The van der Waals surface area contributed by atoms with Gasteiger partial charge in [0.15, 0.2) is 0 Å². The predicted octanol–water partition coefficient (Wildman–Crippen LogP) is -1.95. The molecule has 0 spiro atoms. The van der Waals surface area contributed by atoms with E-state index < -0.39 is 0 Å². The largest absolute Gasteiger partial charge is 0.316 e. The quantitative estimate of drug-likeness (QED) is 0.426. The number of rotatable bonds is 0. The van der Waals surface area contributed by atoms with Gasteiger partial charge in [-0.05, 0) is 0 Å². The van der Waals surface area contributed by atoms with Crippen LogP contribution in [-0.2, 0) is 39.4 Å². The van der Waals surface area contributed by atoms with E-state index in [0.717, 1.165) is 0 Å². The third-order valence-corrected chi connectivity index (χ3v) is 0. The van der Waals surface area contributed by atoms with E-state index in [0.29, 0.717) is 0 Å². The summed E-state index contributed by atoms with van der Waals surface area (Å²) >= 11 is 0. The Labute approximate surface area is 97.0 Å². The van der Waals surface area contributed by atoms with E-state index in [1.54, 1.807) is 0 Å². The van der Waals surface area contributed by atoms with Crippen LogP contribution in [-0.4, -0.2) is 59.3 Å². The summed E-state index contributed by atoms with van der Waals surface area (Å²) in [7, 11) is 0. The number of hydrogen-bond donors (Lipinski definition) is 0. The second kappa shape index (κ2) is 27.2. The van der Waals surface area contributed by atoms with E-state index in [-0.39, 0.29) is 98.7 Å². The maximum Gasteiger partial charge on any atom is 0.316 e. The van der Waals surface area contributed by atoms with Gasteiger partial charge >= 0.3 is 41.9 Å².